The van der Waals surface area contributed by atoms with E-state index in [1.54, 1.807) is 0 Å². The van der Waals surface area contributed by atoms with Gasteiger partial charge in [-0.3, -0.25) is 0 Å². The lowest BCUT2D eigenvalue weighted by Crippen LogP contribution is -2.24. The highest BCUT2D eigenvalue weighted by Crippen LogP contribution is 2.40. The summed E-state index contributed by atoms with van der Waals surface area (Å²) in [7, 11) is 4.12. The number of rotatable bonds is 9. The molecule has 0 aliphatic carbocycles. The van der Waals surface area contributed by atoms with Crippen LogP contribution in [-0.2, 0) is 4.74 Å². The van der Waals surface area contributed by atoms with Crippen molar-refractivity contribution >= 4 is 22.8 Å². The van der Waals surface area contributed by atoms with Gasteiger partial charge in [0.1, 0.15) is 5.76 Å². The summed E-state index contributed by atoms with van der Waals surface area (Å²) in [5, 5.41) is 0. The summed E-state index contributed by atoms with van der Waals surface area (Å²) in [6.45, 7) is 6.63. The van der Waals surface area contributed by atoms with E-state index in [0.717, 1.165) is 48.5 Å². The van der Waals surface area contributed by atoms with Gasteiger partial charge in [0.05, 0.1) is 6.20 Å². The van der Waals surface area contributed by atoms with Crippen LogP contribution in [-0.4, -0.2) is 27.2 Å². The van der Waals surface area contributed by atoms with Crippen molar-refractivity contribution in [1.29, 1.82) is 0 Å². The fourth-order valence-corrected chi connectivity index (χ4v) is 4.27. The van der Waals surface area contributed by atoms with Gasteiger partial charge in [0.2, 0.25) is 6.23 Å². The summed E-state index contributed by atoms with van der Waals surface area (Å²) in [4.78, 5) is 6.79. The Morgan fingerprint density at radius 1 is 0.758 bits per heavy atom. The summed E-state index contributed by atoms with van der Waals surface area (Å²) >= 11 is 0. The van der Waals surface area contributed by atoms with Crippen molar-refractivity contribution in [2.45, 2.75) is 32.9 Å². The number of benzene rings is 3. The second-order valence-electron chi connectivity index (χ2n) is 8.73. The Balaban J connectivity index is 1.63. The fourth-order valence-electron chi connectivity index (χ4n) is 4.27. The quantitative estimate of drug-likeness (QED) is 0.359. The molecular formula is C29H35N3O. The van der Waals surface area contributed by atoms with Crippen LogP contribution in [0.25, 0.3) is 5.76 Å². The molecule has 0 N–H and O–H groups in total. The SMILES string of the molecule is CCCN(CCC)c1ccc(C2=CN(c3ccc(N(C)C)cc3)C(c3ccccc3)O2)cc1. The topological polar surface area (TPSA) is 19.0 Å². The minimum Gasteiger partial charge on any atom is -0.464 e. The Bertz CT molecular complexity index is 1040. The monoisotopic (exact) mass is 441 g/mol. The smallest absolute Gasteiger partial charge is 0.202 e. The molecule has 0 fully saturated rings. The van der Waals surface area contributed by atoms with E-state index >= 15 is 0 Å². The number of hydrogen-bond donors (Lipinski definition) is 0. The van der Waals surface area contributed by atoms with Crippen LogP contribution in [0, 0.1) is 0 Å². The molecule has 0 radical (unpaired) electrons. The molecule has 4 rings (SSSR count). The van der Waals surface area contributed by atoms with Crippen LogP contribution in [0.3, 0.4) is 0 Å². The van der Waals surface area contributed by atoms with Crippen molar-refractivity contribution < 1.29 is 4.74 Å². The maximum Gasteiger partial charge on any atom is 0.202 e. The van der Waals surface area contributed by atoms with E-state index in [1.807, 2.05) is 6.07 Å². The van der Waals surface area contributed by atoms with E-state index < -0.39 is 0 Å². The highest BCUT2D eigenvalue weighted by Gasteiger charge is 2.29. The number of nitrogens with zero attached hydrogens (tertiary/aromatic N) is 3. The van der Waals surface area contributed by atoms with Gasteiger partial charge in [0.25, 0.3) is 0 Å². The highest BCUT2D eigenvalue weighted by molar-refractivity contribution is 5.70. The Morgan fingerprint density at radius 3 is 1.94 bits per heavy atom. The first kappa shape index (κ1) is 22.8. The zero-order chi connectivity index (χ0) is 23.2. The molecule has 172 valence electrons. The van der Waals surface area contributed by atoms with E-state index in [-0.39, 0.29) is 6.23 Å². The Labute approximate surface area is 198 Å². The van der Waals surface area contributed by atoms with Crippen LogP contribution in [0.5, 0.6) is 0 Å². The largest absolute Gasteiger partial charge is 0.464 e. The molecule has 0 saturated heterocycles. The molecule has 0 amide bonds. The molecule has 3 aromatic carbocycles. The molecular weight excluding hydrogens is 406 g/mol. The third-order valence-electron chi connectivity index (χ3n) is 6.00. The molecule has 1 unspecified atom stereocenters. The van der Waals surface area contributed by atoms with Crippen molar-refractivity contribution in [3.05, 3.63) is 96.2 Å². The molecule has 0 saturated carbocycles. The molecule has 3 aromatic rings. The molecule has 1 aliphatic rings. The third-order valence-corrected chi connectivity index (χ3v) is 6.00. The van der Waals surface area contributed by atoms with Gasteiger partial charge in [-0.05, 0) is 61.4 Å². The van der Waals surface area contributed by atoms with Crippen LogP contribution in [0.4, 0.5) is 17.1 Å². The molecule has 4 nitrogen and oxygen atoms in total. The Kier molecular flexibility index (Phi) is 7.23. The number of anilines is 3. The first-order valence-corrected chi connectivity index (χ1v) is 11.9. The molecule has 4 heteroatoms. The predicted octanol–water partition coefficient (Wildman–Crippen LogP) is 6.91. The Morgan fingerprint density at radius 2 is 1.36 bits per heavy atom. The summed E-state index contributed by atoms with van der Waals surface area (Å²) in [5.74, 6) is 0.893. The van der Waals surface area contributed by atoms with Crippen LogP contribution < -0.4 is 14.7 Å². The summed E-state index contributed by atoms with van der Waals surface area (Å²) in [6, 6.07) is 27.8. The minimum atomic E-state index is -0.192. The van der Waals surface area contributed by atoms with Crippen molar-refractivity contribution in [2.75, 3.05) is 41.9 Å². The molecule has 1 heterocycles. The second-order valence-corrected chi connectivity index (χ2v) is 8.73. The lowest BCUT2D eigenvalue weighted by molar-refractivity contribution is 0.196. The predicted molar refractivity (Wildman–Crippen MR) is 141 cm³/mol. The average molecular weight is 442 g/mol. The normalized spacial score (nSPS) is 15.2. The summed E-state index contributed by atoms with van der Waals surface area (Å²) in [5.41, 5.74) is 5.79. The van der Waals surface area contributed by atoms with E-state index in [0.29, 0.717) is 0 Å². The van der Waals surface area contributed by atoms with Gasteiger partial charge >= 0.3 is 0 Å². The van der Waals surface area contributed by atoms with E-state index in [9.17, 15) is 0 Å². The van der Waals surface area contributed by atoms with Gasteiger partial charge < -0.3 is 19.4 Å². The van der Waals surface area contributed by atoms with E-state index in [1.165, 1.54) is 11.4 Å². The zero-order valence-electron chi connectivity index (χ0n) is 20.2. The van der Waals surface area contributed by atoms with Gasteiger partial charge in [0.15, 0.2) is 0 Å². The van der Waals surface area contributed by atoms with E-state index in [2.05, 4.69) is 122 Å². The maximum absolute atomic E-state index is 6.54. The van der Waals surface area contributed by atoms with Gasteiger partial charge in [0, 0.05) is 55.4 Å². The highest BCUT2D eigenvalue weighted by atomic mass is 16.5. The van der Waals surface area contributed by atoms with Crippen molar-refractivity contribution in [2.24, 2.45) is 0 Å². The Hall–Kier alpha value is -3.40. The van der Waals surface area contributed by atoms with Crippen LogP contribution in [0.2, 0.25) is 0 Å². The third kappa shape index (κ3) is 5.16. The van der Waals surface area contributed by atoms with Gasteiger partial charge in [-0.1, -0.05) is 44.2 Å². The van der Waals surface area contributed by atoms with Crippen LogP contribution >= 0.6 is 0 Å². The van der Waals surface area contributed by atoms with Gasteiger partial charge in [-0.25, -0.2) is 0 Å². The molecule has 0 aromatic heterocycles. The average Bonchev–Trinajstić information content (AvgIpc) is 3.30. The molecule has 1 aliphatic heterocycles. The standard InChI is InChI=1S/C29H35N3O/c1-5-20-31(21-6-2)26-14-12-23(13-15-26)28-22-32(27-18-16-25(17-19-27)30(3)4)29(33-28)24-10-8-7-9-11-24/h7-19,22,29H,5-6,20-21H2,1-4H3. The zero-order valence-corrected chi connectivity index (χ0v) is 20.2. The molecule has 33 heavy (non-hydrogen) atoms. The number of ether oxygens (including phenoxy) is 1. The summed E-state index contributed by atoms with van der Waals surface area (Å²) in [6.07, 6.45) is 4.24. The lowest BCUT2D eigenvalue weighted by atomic mass is 10.1. The maximum atomic E-state index is 6.54. The first-order valence-electron chi connectivity index (χ1n) is 11.9. The van der Waals surface area contributed by atoms with Crippen molar-refractivity contribution in [1.82, 2.24) is 0 Å². The van der Waals surface area contributed by atoms with E-state index in [4.69, 9.17) is 4.74 Å². The second kappa shape index (κ2) is 10.5. The van der Waals surface area contributed by atoms with Gasteiger partial charge in [-0.15, -0.1) is 0 Å². The van der Waals surface area contributed by atoms with Crippen LogP contribution in [0.15, 0.2) is 85.1 Å². The summed E-state index contributed by atoms with van der Waals surface area (Å²) < 4.78 is 6.54. The van der Waals surface area contributed by atoms with Crippen molar-refractivity contribution in [3.8, 4) is 0 Å². The van der Waals surface area contributed by atoms with Crippen molar-refractivity contribution in [3.63, 3.8) is 0 Å². The van der Waals surface area contributed by atoms with Gasteiger partial charge in [-0.2, -0.15) is 0 Å². The molecule has 0 spiro atoms. The molecule has 1 atom stereocenters. The van der Waals surface area contributed by atoms with Crippen LogP contribution in [0.1, 0.15) is 44.0 Å². The minimum absolute atomic E-state index is 0.192. The molecule has 0 bridgehead atoms. The lowest BCUT2D eigenvalue weighted by Gasteiger charge is -2.25. The fraction of sp³-hybridized carbons (Fsp3) is 0.310. The number of hydrogen-bond acceptors (Lipinski definition) is 4. The first-order chi connectivity index (χ1) is 16.1.